The first-order chi connectivity index (χ1) is 10.2. The zero-order valence-corrected chi connectivity index (χ0v) is 11.8. The average molecular weight is 303 g/mol. The summed E-state index contributed by atoms with van der Waals surface area (Å²) in [4.78, 5) is 21.2. The van der Waals surface area contributed by atoms with Crippen molar-refractivity contribution in [1.29, 1.82) is 0 Å². The molecule has 0 aliphatic rings. The molecule has 2 heterocycles. The molecule has 0 saturated heterocycles. The van der Waals surface area contributed by atoms with Crippen LogP contribution in [0.2, 0.25) is 0 Å². The number of methoxy groups -OCH3 is 1. The molecule has 106 valence electrons. The van der Waals surface area contributed by atoms with Gasteiger partial charge in [0.25, 0.3) is 5.91 Å². The molecule has 0 spiro atoms. The molecule has 21 heavy (non-hydrogen) atoms. The number of hydrogen-bond acceptors (Lipinski definition) is 5. The number of halogens is 1. The van der Waals surface area contributed by atoms with E-state index in [0.29, 0.717) is 26.9 Å². The number of thiazole rings is 1. The fourth-order valence-electron chi connectivity index (χ4n) is 1.74. The van der Waals surface area contributed by atoms with Gasteiger partial charge in [0.15, 0.2) is 5.13 Å². The highest BCUT2D eigenvalue weighted by atomic mass is 32.1. The monoisotopic (exact) mass is 303 g/mol. The van der Waals surface area contributed by atoms with Crippen molar-refractivity contribution in [2.24, 2.45) is 0 Å². The minimum absolute atomic E-state index is 0.346. The number of nitrogens with zero attached hydrogens (tertiary/aromatic N) is 2. The molecule has 0 aliphatic heterocycles. The number of anilines is 1. The summed E-state index contributed by atoms with van der Waals surface area (Å²) >= 11 is 1.24. The molecule has 1 N–H and O–H groups in total. The third-order valence-corrected chi connectivity index (χ3v) is 3.65. The van der Waals surface area contributed by atoms with Gasteiger partial charge >= 0.3 is 0 Å². The second-order valence-corrected chi connectivity index (χ2v) is 5.14. The Kier molecular flexibility index (Phi) is 3.49. The van der Waals surface area contributed by atoms with E-state index in [4.69, 9.17) is 4.74 Å². The Bertz CT molecular complexity index is 802. The average Bonchev–Trinajstić information content (AvgIpc) is 2.88. The number of carbonyl (C=O) groups is 1. The zero-order valence-electron chi connectivity index (χ0n) is 11.0. The van der Waals surface area contributed by atoms with Crippen LogP contribution in [0.4, 0.5) is 9.52 Å². The summed E-state index contributed by atoms with van der Waals surface area (Å²) < 4.78 is 17.9. The summed E-state index contributed by atoms with van der Waals surface area (Å²) in [5.41, 5.74) is 1.04. The number of benzene rings is 1. The fraction of sp³-hybridized carbons (Fsp3) is 0.0714. The minimum Gasteiger partial charge on any atom is -0.481 e. The van der Waals surface area contributed by atoms with Crippen LogP contribution in [-0.4, -0.2) is 23.0 Å². The van der Waals surface area contributed by atoms with Crippen LogP contribution >= 0.6 is 11.3 Å². The molecule has 3 aromatic rings. The predicted octanol–water partition coefficient (Wildman–Crippen LogP) is 3.09. The fourth-order valence-corrected chi connectivity index (χ4v) is 2.56. The number of nitrogens with one attached hydrogen (secondary N) is 1. The highest BCUT2D eigenvalue weighted by Gasteiger charge is 2.11. The summed E-state index contributed by atoms with van der Waals surface area (Å²) in [6.07, 6.45) is 0. The van der Waals surface area contributed by atoms with Crippen LogP contribution < -0.4 is 10.1 Å². The highest BCUT2D eigenvalue weighted by Crippen LogP contribution is 2.26. The van der Waals surface area contributed by atoms with Crippen molar-refractivity contribution < 1.29 is 13.9 Å². The summed E-state index contributed by atoms with van der Waals surface area (Å²) in [5, 5.41) is 3.10. The van der Waals surface area contributed by atoms with Crippen LogP contribution in [0.1, 0.15) is 10.4 Å². The Morgan fingerprint density at radius 3 is 2.67 bits per heavy atom. The van der Waals surface area contributed by atoms with Crippen LogP contribution in [0.15, 0.2) is 36.4 Å². The number of pyridine rings is 1. The van der Waals surface area contributed by atoms with E-state index in [-0.39, 0.29) is 11.7 Å². The van der Waals surface area contributed by atoms with Gasteiger partial charge < -0.3 is 4.74 Å². The molecule has 0 aliphatic carbocycles. The molecule has 7 heteroatoms. The van der Waals surface area contributed by atoms with Crippen molar-refractivity contribution in [3.8, 4) is 5.88 Å². The van der Waals surface area contributed by atoms with Gasteiger partial charge in [-0.3, -0.25) is 10.1 Å². The molecule has 0 saturated carbocycles. The van der Waals surface area contributed by atoms with Gasteiger partial charge in [0.05, 0.1) is 7.11 Å². The molecule has 0 fully saturated rings. The SMILES string of the molecule is COc1ccc2nc(NC(=O)c3ccc(F)cc3)sc2n1. The maximum Gasteiger partial charge on any atom is 0.257 e. The van der Waals surface area contributed by atoms with Gasteiger partial charge in [-0.2, -0.15) is 0 Å². The van der Waals surface area contributed by atoms with Gasteiger partial charge in [-0.1, -0.05) is 11.3 Å². The maximum absolute atomic E-state index is 12.8. The van der Waals surface area contributed by atoms with Gasteiger partial charge in [-0.25, -0.2) is 14.4 Å². The van der Waals surface area contributed by atoms with Crippen molar-refractivity contribution in [2.75, 3.05) is 12.4 Å². The van der Waals surface area contributed by atoms with E-state index in [1.807, 2.05) is 0 Å². The van der Waals surface area contributed by atoms with Gasteiger partial charge in [0, 0.05) is 11.6 Å². The number of hydrogen-bond donors (Lipinski definition) is 1. The van der Waals surface area contributed by atoms with Crippen LogP contribution in [-0.2, 0) is 0 Å². The number of carbonyl (C=O) groups excluding carboxylic acids is 1. The Balaban J connectivity index is 1.84. The van der Waals surface area contributed by atoms with Crippen molar-refractivity contribution in [2.45, 2.75) is 0 Å². The first-order valence-electron chi connectivity index (χ1n) is 6.04. The first-order valence-corrected chi connectivity index (χ1v) is 6.86. The lowest BCUT2D eigenvalue weighted by atomic mass is 10.2. The third kappa shape index (κ3) is 2.82. The summed E-state index contributed by atoms with van der Waals surface area (Å²) in [6, 6.07) is 8.77. The second kappa shape index (κ2) is 5.45. The van der Waals surface area contributed by atoms with E-state index in [1.165, 1.54) is 42.7 Å². The zero-order chi connectivity index (χ0) is 14.8. The first kappa shape index (κ1) is 13.4. The molecule has 0 bridgehead atoms. The lowest BCUT2D eigenvalue weighted by Crippen LogP contribution is -2.11. The molecule has 1 aromatic carbocycles. The largest absolute Gasteiger partial charge is 0.481 e. The van der Waals surface area contributed by atoms with Crippen LogP contribution in [0.5, 0.6) is 5.88 Å². The quantitative estimate of drug-likeness (QED) is 0.807. The molecular weight excluding hydrogens is 293 g/mol. The van der Waals surface area contributed by atoms with E-state index in [0.717, 1.165) is 0 Å². The molecule has 1 amide bonds. The Hall–Kier alpha value is -2.54. The van der Waals surface area contributed by atoms with Crippen molar-refractivity contribution in [3.05, 3.63) is 47.8 Å². The Morgan fingerprint density at radius 2 is 1.95 bits per heavy atom. The molecule has 0 unspecified atom stereocenters. The lowest BCUT2D eigenvalue weighted by molar-refractivity contribution is 0.102. The number of ether oxygens (including phenoxy) is 1. The van der Waals surface area contributed by atoms with Gasteiger partial charge in [-0.05, 0) is 30.3 Å². The smallest absolute Gasteiger partial charge is 0.257 e. The summed E-state index contributed by atoms with van der Waals surface area (Å²) in [5.74, 6) is -0.244. The third-order valence-electron chi connectivity index (χ3n) is 2.77. The molecule has 0 radical (unpaired) electrons. The predicted molar refractivity (Wildman–Crippen MR) is 78.3 cm³/mol. The standard InChI is InChI=1S/C14H10FN3O2S/c1-20-11-7-6-10-13(17-11)21-14(16-10)18-12(19)8-2-4-9(15)5-3-8/h2-7H,1H3,(H,16,18,19). The number of amides is 1. The topological polar surface area (TPSA) is 64.1 Å². The number of aromatic nitrogens is 2. The molecule has 3 rings (SSSR count). The Labute approximate surface area is 123 Å². The van der Waals surface area contributed by atoms with E-state index in [9.17, 15) is 9.18 Å². The van der Waals surface area contributed by atoms with Gasteiger partial charge in [0.1, 0.15) is 16.2 Å². The van der Waals surface area contributed by atoms with Crippen molar-refractivity contribution >= 4 is 32.7 Å². The highest BCUT2D eigenvalue weighted by molar-refractivity contribution is 7.22. The van der Waals surface area contributed by atoms with Crippen LogP contribution in [0, 0.1) is 5.82 Å². The van der Waals surface area contributed by atoms with E-state index in [1.54, 1.807) is 12.1 Å². The molecule has 0 atom stereocenters. The van der Waals surface area contributed by atoms with Crippen molar-refractivity contribution in [1.82, 2.24) is 9.97 Å². The molecule has 5 nitrogen and oxygen atoms in total. The van der Waals surface area contributed by atoms with Crippen LogP contribution in [0.3, 0.4) is 0 Å². The van der Waals surface area contributed by atoms with Crippen molar-refractivity contribution in [3.63, 3.8) is 0 Å². The number of fused-ring (bicyclic) bond motifs is 1. The van der Waals surface area contributed by atoms with E-state index >= 15 is 0 Å². The summed E-state index contributed by atoms with van der Waals surface area (Å²) in [6.45, 7) is 0. The van der Waals surface area contributed by atoms with Gasteiger partial charge in [-0.15, -0.1) is 0 Å². The van der Waals surface area contributed by atoms with E-state index < -0.39 is 0 Å². The lowest BCUT2D eigenvalue weighted by Gasteiger charge is -2.00. The second-order valence-electron chi connectivity index (χ2n) is 4.16. The van der Waals surface area contributed by atoms with Crippen LogP contribution in [0.25, 0.3) is 10.3 Å². The Morgan fingerprint density at radius 1 is 1.19 bits per heavy atom. The number of rotatable bonds is 3. The summed E-state index contributed by atoms with van der Waals surface area (Å²) in [7, 11) is 1.53. The maximum atomic E-state index is 12.8. The normalized spacial score (nSPS) is 10.6. The molecular formula is C14H10FN3O2S. The van der Waals surface area contributed by atoms with E-state index in [2.05, 4.69) is 15.3 Å². The minimum atomic E-state index is -0.386. The molecule has 2 aromatic heterocycles. The van der Waals surface area contributed by atoms with Gasteiger partial charge in [0.2, 0.25) is 5.88 Å².